The Bertz CT molecular complexity index is 2890. The number of rotatable bonds is 4. The molecule has 10 aromatic rings. The lowest BCUT2D eigenvalue weighted by atomic mass is 9.96. The molecule has 0 fully saturated rings. The summed E-state index contributed by atoms with van der Waals surface area (Å²) in [5.41, 5.74) is 6.45. The molecule has 0 saturated heterocycles. The lowest BCUT2D eigenvalue weighted by molar-refractivity contribution is 0.672. The summed E-state index contributed by atoms with van der Waals surface area (Å²) in [4.78, 5) is 19.9. The van der Waals surface area contributed by atoms with E-state index < -0.39 is 0 Å². The zero-order chi connectivity index (χ0) is 32.3. The van der Waals surface area contributed by atoms with Gasteiger partial charge in [0.05, 0.1) is 11.1 Å². The van der Waals surface area contributed by atoms with Gasteiger partial charge in [0.1, 0.15) is 11.2 Å². The lowest BCUT2D eigenvalue weighted by Crippen LogP contribution is -2.00. The van der Waals surface area contributed by atoms with Crippen LogP contribution in [-0.4, -0.2) is 19.9 Å². The molecule has 10 rings (SSSR count). The molecule has 0 atom stereocenters. The van der Waals surface area contributed by atoms with Crippen molar-refractivity contribution in [1.29, 1.82) is 0 Å². The van der Waals surface area contributed by atoms with E-state index in [0.717, 1.165) is 76.8 Å². The first-order chi connectivity index (χ1) is 24.3. The van der Waals surface area contributed by atoms with Gasteiger partial charge in [0.25, 0.3) is 0 Å². The SMILES string of the molecule is c1ccc(-c2nc(-c3ccc4ccccc4c3)nc(-c3ccc4c(-c5nccc6oc7c8ccccc8ccc7c56)cccc4c3)n2)cc1. The van der Waals surface area contributed by atoms with Gasteiger partial charge in [-0.15, -0.1) is 0 Å². The molecule has 0 aliphatic carbocycles. The number of aromatic nitrogens is 4. The van der Waals surface area contributed by atoms with Crippen LogP contribution in [0.5, 0.6) is 0 Å². The molecule has 3 heterocycles. The van der Waals surface area contributed by atoms with E-state index in [2.05, 4.69) is 115 Å². The van der Waals surface area contributed by atoms with Crippen molar-refractivity contribution in [1.82, 2.24) is 19.9 Å². The highest BCUT2D eigenvalue weighted by atomic mass is 16.3. The molecule has 5 heteroatoms. The van der Waals surface area contributed by atoms with Crippen LogP contribution in [0.3, 0.4) is 0 Å². The zero-order valence-corrected chi connectivity index (χ0v) is 26.2. The molecule has 0 radical (unpaired) electrons. The van der Waals surface area contributed by atoms with Crippen molar-refractivity contribution >= 4 is 54.3 Å². The van der Waals surface area contributed by atoms with Gasteiger partial charge in [0, 0.05) is 39.2 Å². The maximum absolute atomic E-state index is 6.47. The normalized spacial score (nSPS) is 11.7. The van der Waals surface area contributed by atoms with Gasteiger partial charge in [-0.1, -0.05) is 127 Å². The van der Waals surface area contributed by atoms with Crippen LogP contribution in [0, 0.1) is 0 Å². The Hall–Kier alpha value is -6.72. The first-order valence-corrected chi connectivity index (χ1v) is 16.3. The molecule has 3 aromatic heterocycles. The third-order valence-electron chi connectivity index (χ3n) is 9.34. The molecule has 0 N–H and O–H groups in total. The lowest BCUT2D eigenvalue weighted by Gasteiger charge is -2.11. The Kier molecular flexibility index (Phi) is 6.11. The van der Waals surface area contributed by atoms with Crippen molar-refractivity contribution in [3.63, 3.8) is 0 Å². The Morgan fingerprint density at radius 3 is 1.88 bits per heavy atom. The van der Waals surface area contributed by atoms with Gasteiger partial charge in [0.2, 0.25) is 0 Å². The van der Waals surface area contributed by atoms with Gasteiger partial charge >= 0.3 is 0 Å². The summed E-state index contributed by atoms with van der Waals surface area (Å²) in [5, 5.41) is 8.81. The zero-order valence-electron chi connectivity index (χ0n) is 26.2. The van der Waals surface area contributed by atoms with E-state index in [1.165, 1.54) is 5.39 Å². The average molecular weight is 627 g/mol. The van der Waals surface area contributed by atoms with Crippen LogP contribution in [0.25, 0.3) is 99.7 Å². The summed E-state index contributed by atoms with van der Waals surface area (Å²) < 4.78 is 6.47. The highest BCUT2D eigenvalue weighted by molar-refractivity contribution is 6.19. The molecule has 0 saturated carbocycles. The van der Waals surface area contributed by atoms with Crippen LogP contribution in [0.1, 0.15) is 0 Å². The standard InChI is InChI=1S/C44H26N4O/c1-2-11-29(12-3-1)42-46-43(32-18-17-27-9-4-5-13-30(27)25-32)48-44(47-42)33-20-21-34-31(26-33)14-8-16-36(34)40-39-37-22-19-28-10-6-7-15-35(28)41(37)49-38(39)23-24-45-40/h1-26H. The topological polar surface area (TPSA) is 64.7 Å². The number of fused-ring (bicyclic) bond motifs is 7. The molecule has 0 spiro atoms. The van der Waals surface area contributed by atoms with Crippen molar-refractivity contribution in [2.45, 2.75) is 0 Å². The fraction of sp³-hybridized carbons (Fsp3) is 0. The minimum absolute atomic E-state index is 0.622. The van der Waals surface area contributed by atoms with Crippen LogP contribution >= 0.6 is 0 Å². The summed E-state index contributed by atoms with van der Waals surface area (Å²) in [6.45, 7) is 0. The van der Waals surface area contributed by atoms with E-state index in [0.29, 0.717) is 17.5 Å². The second-order valence-corrected chi connectivity index (χ2v) is 12.3. The van der Waals surface area contributed by atoms with Crippen LogP contribution in [0.2, 0.25) is 0 Å². The van der Waals surface area contributed by atoms with Crippen molar-refractivity contribution in [2.24, 2.45) is 0 Å². The van der Waals surface area contributed by atoms with Gasteiger partial charge in [-0.05, 0) is 51.2 Å². The number of benzene rings is 7. The highest BCUT2D eigenvalue weighted by Gasteiger charge is 2.18. The third-order valence-corrected chi connectivity index (χ3v) is 9.34. The molecular weight excluding hydrogens is 601 g/mol. The van der Waals surface area contributed by atoms with Crippen LogP contribution in [0.15, 0.2) is 162 Å². The average Bonchev–Trinajstić information content (AvgIpc) is 3.57. The summed E-state index contributed by atoms with van der Waals surface area (Å²) in [5.74, 6) is 1.90. The molecule has 7 aromatic carbocycles. The minimum atomic E-state index is 0.622. The molecule has 49 heavy (non-hydrogen) atoms. The highest BCUT2D eigenvalue weighted by Crippen LogP contribution is 2.40. The maximum Gasteiger partial charge on any atom is 0.164 e. The van der Waals surface area contributed by atoms with Crippen LogP contribution < -0.4 is 0 Å². The fourth-order valence-electron chi connectivity index (χ4n) is 6.96. The van der Waals surface area contributed by atoms with Crippen LogP contribution in [0.4, 0.5) is 0 Å². The quantitative estimate of drug-likeness (QED) is 0.194. The Labute approximate surface area is 281 Å². The Morgan fingerprint density at radius 2 is 1.04 bits per heavy atom. The second kappa shape index (κ2) is 10.9. The maximum atomic E-state index is 6.47. The van der Waals surface area contributed by atoms with Crippen molar-refractivity contribution in [3.8, 4) is 45.4 Å². The van der Waals surface area contributed by atoms with Gasteiger partial charge in [-0.3, -0.25) is 4.98 Å². The molecule has 0 bridgehead atoms. The molecule has 0 aliphatic heterocycles. The fourth-order valence-corrected chi connectivity index (χ4v) is 6.96. The van der Waals surface area contributed by atoms with Crippen LogP contribution in [-0.2, 0) is 0 Å². The van der Waals surface area contributed by atoms with E-state index in [1.54, 1.807) is 0 Å². The van der Waals surface area contributed by atoms with E-state index in [4.69, 9.17) is 24.4 Å². The summed E-state index contributed by atoms with van der Waals surface area (Å²) in [7, 11) is 0. The van der Waals surface area contributed by atoms with E-state index >= 15 is 0 Å². The van der Waals surface area contributed by atoms with Crippen molar-refractivity contribution in [2.75, 3.05) is 0 Å². The number of hydrogen-bond acceptors (Lipinski definition) is 5. The molecule has 0 aliphatic rings. The van der Waals surface area contributed by atoms with E-state index in [9.17, 15) is 0 Å². The van der Waals surface area contributed by atoms with Crippen molar-refractivity contribution < 1.29 is 4.42 Å². The third kappa shape index (κ3) is 4.55. The summed E-state index contributed by atoms with van der Waals surface area (Å²) in [6.07, 6.45) is 1.83. The first-order valence-electron chi connectivity index (χ1n) is 16.3. The molecule has 0 amide bonds. The Morgan fingerprint density at radius 1 is 0.408 bits per heavy atom. The van der Waals surface area contributed by atoms with E-state index in [1.807, 2.05) is 42.6 Å². The van der Waals surface area contributed by atoms with Gasteiger partial charge in [0.15, 0.2) is 17.5 Å². The number of hydrogen-bond donors (Lipinski definition) is 0. The first kappa shape index (κ1) is 27.4. The van der Waals surface area contributed by atoms with Gasteiger partial charge in [-0.25, -0.2) is 15.0 Å². The second-order valence-electron chi connectivity index (χ2n) is 12.3. The summed E-state index contributed by atoms with van der Waals surface area (Å²) in [6, 6.07) is 52.1. The predicted molar refractivity (Wildman–Crippen MR) is 199 cm³/mol. The predicted octanol–water partition coefficient (Wildman–Crippen LogP) is 11.3. The van der Waals surface area contributed by atoms with Gasteiger partial charge in [-0.2, -0.15) is 0 Å². The number of pyridine rings is 1. The van der Waals surface area contributed by atoms with Gasteiger partial charge < -0.3 is 4.42 Å². The smallest absolute Gasteiger partial charge is 0.164 e. The number of nitrogens with zero attached hydrogens (tertiary/aromatic N) is 4. The Balaban J connectivity index is 1.14. The summed E-state index contributed by atoms with van der Waals surface area (Å²) >= 11 is 0. The van der Waals surface area contributed by atoms with Crippen molar-refractivity contribution in [3.05, 3.63) is 158 Å². The molecular formula is C44H26N4O. The minimum Gasteiger partial charge on any atom is -0.455 e. The largest absolute Gasteiger partial charge is 0.455 e. The number of furan rings is 1. The molecule has 0 unspecified atom stereocenters. The molecule has 228 valence electrons. The van der Waals surface area contributed by atoms with E-state index in [-0.39, 0.29) is 0 Å². The monoisotopic (exact) mass is 626 g/mol. The molecule has 5 nitrogen and oxygen atoms in total.